The molecule has 138 valence electrons. The van der Waals surface area contributed by atoms with Crippen LogP contribution in [-0.4, -0.2) is 21.1 Å². The molecule has 0 radical (unpaired) electrons. The largest absolute Gasteiger partial charge is 0.508 e. The van der Waals surface area contributed by atoms with Crippen LogP contribution < -0.4 is 4.74 Å². The van der Waals surface area contributed by atoms with E-state index in [0.29, 0.717) is 16.7 Å². The molecule has 1 aliphatic heterocycles. The maximum Gasteiger partial charge on any atom is 0.167 e. The number of aromatic hydroxyl groups is 3. The lowest BCUT2D eigenvalue weighted by Crippen LogP contribution is -2.36. The Morgan fingerprint density at radius 3 is 2.54 bits per heavy atom. The number of carbonyl (C=O) groups excluding carboxylic acids is 1. The van der Waals surface area contributed by atoms with Gasteiger partial charge in [0.1, 0.15) is 29.1 Å². The molecule has 28 heavy (non-hydrogen) atoms. The summed E-state index contributed by atoms with van der Waals surface area (Å²) >= 11 is 0. The van der Waals surface area contributed by atoms with Crippen LogP contribution in [0.2, 0.25) is 0 Å². The molecule has 3 aromatic carbocycles. The number of ketones is 1. The number of para-hydroxylation sites is 1. The minimum Gasteiger partial charge on any atom is -0.508 e. The predicted molar refractivity (Wildman–Crippen MR) is 101 cm³/mol. The van der Waals surface area contributed by atoms with E-state index in [2.05, 4.69) is 0 Å². The minimum atomic E-state index is -0.414. The summed E-state index contributed by atoms with van der Waals surface area (Å²) < 4.78 is 6.36. The highest BCUT2D eigenvalue weighted by Crippen LogP contribution is 2.63. The van der Waals surface area contributed by atoms with Crippen molar-refractivity contribution in [2.75, 3.05) is 0 Å². The Morgan fingerprint density at radius 1 is 0.893 bits per heavy atom. The fourth-order valence-electron chi connectivity index (χ4n) is 5.25. The van der Waals surface area contributed by atoms with Gasteiger partial charge in [0.2, 0.25) is 0 Å². The molecule has 0 bridgehead atoms. The summed E-state index contributed by atoms with van der Waals surface area (Å²) in [7, 11) is 0. The van der Waals surface area contributed by atoms with E-state index in [1.807, 2.05) is 24.3 Å². The lowest BCUT2D eigenvalue weighted by Gasteiger charge is -2.47. The average Bonchev–Trinajstić information content (AvgIpc) is 2.67. The summed E-state index contributed by atoms with van der Waals surface area (Å²) in [5.74, 6) is 0.0927. The summed E-state index contributed by atoms with van der Waals surface area (Å²) in [6, 6.07) is 13.9. The number of fused-ring (bicyclic) bond motifs is 5. The molecule has 3 aliphatic rings. The molecule has 2 aliphatic carbocycles. The van der Waals surface area contributed by atoms with Crippen molar-refractivity contribution in [1.82, 2.24) is 0 Å². The van der Waals surface area contributed by atoms with E-state index in [1.165, 1.54) is 6.07 Å². The Labute approximate surface area is 160 Å². The molecular formula is C23H16O5. The Morgan fingerprint density at radius 2 is 1.68 bits per heavy atom. The summed E-state index contributed by atoms with van der Waals surface area (Å²) in [5.41, 5.74) is 3.92. The van der Waals surface area contributed by atoms with E-state index >= 15 is 0 Å². The van der Waals surface area contributed by atoms with E-state index in [-0.39, 0.29) is 46.9 Å². The predicted octanol–water partition coefficient (Wildman–Crippen LogP) is 4.37. The molecule has 3 atom stereocenters. The monoisotopic (exact) mass is 372 g/mol. The number of rotatable bonds is 0. The van der Waals surface area contributed by atoms with Gasteiger partial charge in [-0.05, 0) is 34.9 Å². The molecule has 1 heterocycles. The topological polar surface area (TPSA) is 87.0 Å². The molecule has 0 saturated carbocycles. The second-order valence-electron chi connectivity index (χ2n) is 7.69. The molecule has 0 saturated heterocycles. The van der Waals surface area contributed by atoms with Crippen LogP contribution >= 0.6 is 0 Å². The highest BCUT2D eigenvalue weighted by Gasteiger charge is 2.51. The minimum absolute atomic E-state index is 0.0750. The highest BCUT2D eigenvalue weighted by atomic mass is 16.5. The molecular weight excluding hydrogens is 356 g/mol. The highest BCUT2D eigenvalue weighted by molar-refractivity contribution is 6.05. The molecule has 5 heteroatoms. The van der Waals surface area contributed by atoms with Crippen LogP contribution in [0.1, 0.15) is 51.4 Å². The Hall–Kier alpha value is -3.47. The van der Waals surface area contributed by atoms with Crippen molar-refractivity contribution < 1.29 is 24.9 Å². The third-order valence-electron chi connectivity index (χ3n) is 6.28. The second kappa shape index (κ2) is 5.07. The summed E-state index contributed by atoms with van der Waals surface area (Å²) in [5, 5.41) is 31.2. The number of hydrogen-bond donors (Lipinski definition) is 3. The first-order valence-corrected chi connectivity index (χ1v) is 9.25. The normalized spacial score (nSPS) is 23.3. The Balaban J connectivity index is 1.76. The zero-order valence-electron chi connectivity index (χ0n) is 14.7. The maximum absolute atomic E-state index is 13.0. The molecule has 3 N–H and O–H groups in total. The van der Waals surface area contributed by atoms with Crippen LogP contribution in [0, 0.1) is 0 Å². The van der Waals surface area contributed by atoms with Gasteiger partial charge in [-0.25, -0.2) is 0 Å². The van der Waals surface area contributed by atoms with Gasteiger partial charge >= 0.3 is 0 Å². The maximum atomic E-state index is 13.0. The van der Waals surface area contributed by atoms with Gasteiger partial charge in [-0.3, -0.25) is 4.79 Å². The number of ether oxygens (including phenoxy) is 1. The van der Waals surface area contributed by atoms with Gasteiger partial charge < -0.3 is 20.1 Å². The van der Waals surface area contributed by atoms with Gasteiger partial charge in [-0.15, -0.1) is 0 Å². The standard InChI is InChI=1S/C23H16O5/c24-10-5-6-12-14(7-10)23-20-13(11-3-1-2-4-18(11)28-23)8-15(25)21-17(27)9-16(26)19(12)22(20)21/h1-7,9,13,20,23-24,26-27H,8H2/t13-,20-,23-/m0/s1. The molecule has 5 nitrogen and oxygen atoms in total. The number of carbonyl (C=O) groups is 1. The van der Waals surface area contributed by atoms with E-state index in [4.69, 9.17) is 4.74 Å². The SMILES string of the molecule is O=C1C[C@H]2c3ccccc3O[C@H]3c4cc(O)ccc4-c4c(O)cc(O)c1c4[C@H]23. The molecule has 0 aromatic heterocycles. The van der Waals surface area contributed by atoms with Gasteiger partial charge in [-0.2, -0.15) is 0 Å². The Bertz CT molecular complexity index is 1200. The van der Waals surface area contributed by atoms with Crippen molar-refractivity contribution in [1.29, 1.82) is 0 Å². The van der Waals surface area contributed by atoms with Gasteiger partial charge in [-0.1, -0.05) is 24.3 Å². The van der Waals surface area contributed by atoms with Crippen LogP contribution in [0.3, 0.4) is 0 Å². The van der Waals surface area contributed by atoms with Gasteiger partial charge in [0.25, 0.3) is 0 Å². The first-order chi connectivity index (χ1) is 13.5. The molecule has 0 unspecified atom stereocenters. The molecule has 0 fully saturated rings. The van der Waals surface area contributed by atoms with E-state index < -0.39 is 6.10 Å². The van der Waals surface area contributed by atoms with E-state index in [0.717, 1.165) is 16.9 Å². The Kier molecular flexibility index (Phi) is 2.82. The van der Waals surface area contributed by atoms with Crippen molar-refractivity contribution >= 4 is 5.78 Å². The van der Waals surface area contributed by atoms with Crippen molar-refractivity contribution in [3.8, 4) is 34.1 Å². The first-order valence-electron chi connectivity index (χ1n) is 9.25. The summed E-state index contributed by atoms with van der Waals surface area (Å²) in [6.07, 6.45) is -0.150. The van der Waals surface area contributed by atoms with Crippen molar-refractivity contribution in [3.63, 3.8) is 0 Å². The van der Waals surface area contributed by atoms with Crippen molar-refractivity contribution in [3.05, 3.63) is 70.8 Å². The van der Waals surface area contributed by atoms with Gasteiger partial charge in [0.05, 0.1) is 5.56 Å². The van der Waals surface area contributed by atoms with Crippen LogP contribution in [0.15, 0.2) is 48.5 Å². The number of hydrogen-bond acceptors (Lipinski definition) is 5. The fourth-order valence-corrected chi connectivity index (χ4v) is 5.25. The van der Waals surface area contributed by atoms with Crippen molar-refractivity contribution in [2.24, 2.45) is 0 Å². The molecule has 6 rings (SSSR count). The lowest BCUT2D eigenvalue weighted by atomic mass is 9.61. The number of benzene rings is 3. The van der Waals surface area contributed by atoms with Crippen LogP contribution in [0.4, 0.5) is 0 Å². The smallest absolute Gasteiger partial charge is 0.167 e. The zero-order valence-corrected chi connectivity index (χ0v) is 14.7. The second-order valence-corrected chi connectivity index (χ2v) is 7.69. The lowest BCUT2D eigenvalue weighted by molar-refractivity contribution is 0.0868. The van der Waals surface area contributed by atoms with Crippen molar-refractivity contribution in [2.45, 2.75) is 24.4 Å². The van der Waals surface area contributed by atoms with E-state index in [1.54, 1.807) is 18.2 Å². The fraction of sp³-hybridized carbons (Fsp3) is 0.174. The van der Waals surface area contributed by atoms with Gasteiger partial charge in [0, 0.05) is 35.4 Å². The third kappa shape index (κ3) is 1.78. The number of phenols is 3. The van der Waals surface area contributed by atoms with Crippen LogP contribution in [0.5, 0.6) is 23.0 Å². The third-order valence-corrected chi connectivity index (χ3v) is 6.28. The summed E-state index contributed by atoms with van der Waals surface area (Å²) in [6.45, 7) is 0. The molecule has 3 aromatic rings. The van der Waals surface area contributed by atoms with Crippen LogP contribution in [-0.2, 0) is 0 Å². The zero-order chi connectivity index (χ0) is 19.2. The van der Waals surface area contributed by atoms with Crippen LogP contribution in [0.25, 0.3) is 11.1 Å². The first kappa shape index (κ1) is 15.6. The number of Topliss-reactive ketones (excluding diaryl/α,β-unsaturated/α-hetero) is 1. The average molecular weight is 372 g/mol. The van der Waals surface area contributed by atoms with Gasteiger partial charge in [0.15, 0.2) is 5.78 Å². The molecule has 0 spiro atoms. The number of phenolic OH excluding ortho intramolecular Hbond substituents is 3. The molecule has 0 amide bonds. The summed E-state index contributed by atoms with van der Waals surface area (Å²) in [4.78, 5) is 13.0. The van der Waals surface area contributed by atoms with E-state index in [9.17, 15) is 20.1 Å². The quantitative estimate of drug-likeness (QED) is 0.545.